The van der Waals surface area contributed by atoms with Crippen molar-refractivity contribution in [2.24, 2.45) is 0 Å². The number of carboxylic acids is 1. The molecule has 2 heterocycles. The van der Waals surface area contributed by atoms with Gasteiger partial charge in [-0.1, -0.05) is 30.3 Å². The van der Waals surface area contributed by atoms with Crippen molar-refractivity contribution >= 4 is 22.6 Å². The topological polar surface area (TPSA) is 53.4 Å². The zero-order valence-electron chi connectivity index (χ0n) is 14.0. The van der Waals surface area contributed by atoms with Crippen LogP contribution in [0.5, 0.6) is 0 Å². The monoisotopic (exact) mass is 332 g/mol. The van der Waals surface area contributed by atoms with Crippen LogP contribution in [0.1, 0.15) is 29.6 Å². The second kappa shape index (κ2) is 6.55. The molecule has 0 atom stereocenters. The minimum absolute atomic E-state index is 0.298. The fourth-order valence-corrected chi connectivity index (χ4v) is 3.48. The number of aromatic carboxylic acids is 1. The van der Waals surface area contributed by atoms with Crippen LogP contribution >= 0.6 is 0 Å². The van der Waals surface area contributed by atoms with Gasteiger partial charge in [0, 0.05) is 24.0 Å². The summed E-state index contributed by atoms with van der Waals surface area (Å²) in [4.78, 5) is 18.6. The van der Waals surface area contributed by atoms with E-state index in [9.17, 15) is 9.90 Å². The summed E-state index contributed by atoms with van der Waals surface area (Å²) in [5.41, 5.74) is 4.28. The summed E-state index contributed by atoms with van der Waals surface area (Å²) in [6, 6.07) is 17.4. The minimum Gasteiger partial charge on any atom is -0.478 e. The quantitative estimate of drug-likeness (QED) is 0.762. The number of fused-ring (bicyclic) bond motifs is 1. The first kappa shape index (κ1) is 15.6. The molecule has 1 N–H and O–H groups in total. The van der Waals surface area contributed by atoms with Gasteiger partial charge in [0.05, 0.1) is 22.5 Å². The molecule has 1 aliphatic rings. The fourth-order valence-electron chi connectivity index (χ4n) is 3.48. The zero-order valence-corrected chi connectivity index (χ0v) is 14.0. The highest BCUT2D eigenvalue weighted by Gasteiger charge is 2.18. The third-order valence-electron chi connectivity index (χ3n) is 4.79. The van der Waals surface area contributed by atoms with Gasteiger partial charge in [0.1, 0.15) is 0 Å². The molecule has 2 aromatic carbocycles. The molecular formula is C21H20N2O2. The number of aromatic nitrogens is 1. The Bertz CT molecular complexity index is 916. The number of carboxylic acid groups (broad SMARTS) is 1. The van der Waals surface area contributed by atoms with E-state index in [1.807, 2.05) is 18.2 Å². The highest BCUT2D eigenvalue weighted by Crippen LogP contribution is 2.34. The van der Waals surface area contributed by atoms with Crippen LogP contribution in [0.2, 0.25) is 0 Å². The molecule has 0 bridgehead atoms. The molecule has 126 valence electrons. The number of rotatable bonds is 3. The number of hydrogen-bond donors (Lipinski definition) is 1. The minimum atomic E-state index is -0.909. The van der Waals surface area contributed by atoms with E-state index in [1.54, 1.807) is 18.2 Å². The number of anilines is 1. The van der Waals surface area contributed by atoms with Crippen molar-refractivity contribution in [3.8, 4) is 11.3 Å². The molecule has 0 unspecified atom stereocenters. The fraction of sp³-hybridized carbons (Fsp3) is 0.238. The van der Waals surface area contributed by atoms with Crippen LogP contribution in [0.15, 0.2) is 54.6 Å². The van der Waals surface area contributed by atoms with Crippen molar-refractivity contribution in [2.75, 3.05) is 18.0 Å². The average molecular weight is 332 g/mol. The second-order valence-electron chi connectivity index (χ2n) is 6.48. The van der Waals surface area contributed by atoms with Gasteiger partial charge in [-0.15, -0.1) is 0 Å². The Morgan fingerprint density at radius 2 is 1.72 bits per heavy atom. The van der Waals surface area contributed by atoms with Crippen LogP contribution in [0.25, 0.3) is 22.2 Å². The van der Waals surface area contributed by atoms with Crippen LogP contribution in [-0.2, 0) is 0 Å². The lowest BCUT2D eigenvalue weighted by atomic mass is 10.0. The van der Waals surface area contributed by atoms with E-state index in [1.165, 1.54) is 19.3 Å². The van der Waals surface area contributed by atoms with E-state index in [-0.39, 0.29) is 0 Å². The van der Waals surface area contributed by atoms with Crippen LogP contribution in [0, 0.1) is 0 Å². The summed E-state index contributed by atoms with van der Waals surface area (Å²) in [6.07, 6.45) is 3.63. The van der Waals surface area contributed by atoms with E-state index in [0.29, 0.717) is 5.56 Å². The first-order chi connectivity index (χ1) is 12.2. The number of piperidine rings is 1. The van der Waals surface area contributed by atoms with Crippen molar-refractivity contribution in [3.63, 3.8) is 0 Å². The summed E-state index contributed by atoms with van der Waals surface area (Å²) in [5.74, 6) is -0.909. The third-order valence-corrected chi connectivity index (χ3v) is 4.79. The van der Waals surface area contributed by atoms with Gasteiger partial charge >= 0.3 is 5.97 Å². The molecule has 1 fully saturated rings. The number of benzene rings is 2. The zero-order chi connectivity index (χ0) is 17.2. The normalized spacial score (nSPS) is 14.6. The Kier molecular flexibility index (Phi) is 4.10. The molecule has 0 spiro atoms. The second-order valence-corrected chi connectivity index (χ2v) is 6.48. The summed E-state index contributed by atoms with van der Waals surface area (Å²) in [6.45, 7) is 2.04. The van der Waals surface area contributed by atoms with Crippen molar-refractivity contribution in [1.29, 1.82) is 0 Å². The highest BCUT2D eigenvalue weighted by atomic mass is 16.4. The van der Waals surface area contributed by atoms with Gasteiger partial charge in [-0.2, -0.15) is 0 Å². The molecule has 1 aromatic heterocycles. The van der Waals surface area contributed by atoms with E-state index < -0.39 is 5.97 Å². The number of hydrogen-bond acceptors (Lipinski definition) is 3. The summed E-state index contributed by atoms with van der Waals surface area (Å²) < 4.78 is 0. The van der Waals surface area contributed by atoms with Crippen molar-refractivity contribution in [1.82, 2.24) is 4.98 Å². The molecule has 0 amide bonds. The van der Waals surface area contributed by atoms with Crippen LogP contribution in [-0.4, -0.2) is 29.1 Å². The summed E-state index contributed by atoms with van der Waals surface area (Å²) >= 11 is 0. The Balaban J connectivity index is 1.91. The molecule has 4 heteroatoms. The standard InChI is InChI=1S/C21H20N2O2/c24-21(25)16-9-10-18-17(13-16)14-19(23-11-5-2-6-12-23)20(22-18)15-7-3-1-4-8-15/h1,3-4,7-10,13-14H,2,5-6,11-12H2,(H,24,25). The van der Waals surface area contributed by atoms with E-state index in [0.717, 1.165) is 40.9 Å². The lowest BCUT2D eigenvalue weighted by molar-refractivity contribution is 0.0697. The molecular weight excluding hydrogens is 312 g/mol. The van der Waals surface area contributed by atoms with Gasteiger partial charge in [-0.25, -0.2) is 9.78 Å². The van der Waals surface area contributed by atoms with Crippen LogP contribution < -0.4 is 4.90 Å². The van der Waals surface area contributed by atoms with Gasteiger partial charge in [0.25, 0.3) is 0 Å². The van der Waals surface area contributed by atoms with Gasteiger partial charge in [0.15, 0.2) is 0 Å². The van der Waals surface area contributed by atoms with Crippen molar-refractivity contribution in [2.45, 2.75) is 19.3 Å². The summed E-state index contributed by atoms with van der Waals surface area (Å²) in [5, 5.41) is 10.1. The van der Waals surface area contributed by atoms with E-state index >= 15 is 0 Å². The average Bonchev–Trinajstić information content (AvgIpc) is 2.68. The smallest absolute Gasteiger partial charge is 0.335 e. The van der Waals surface area contributed by atoms with E-state index in [2.05, 4.69) is 23.1 Å². The molecule has 25 heavy (non-hydrogen) atoms. The Morgan fingerprint density at radius 3 is 2.44 bits per heavy atom. The largest absolute Gasteiger partial charge is 0.478 e. The van der Waals surface area contributed by atoms with Gasteiger partial charge in [0.2, 0.25) is 0 Å². The summed E-state index contributed by atoms with van der Waals surface area (Å²) in [7, 11) is 0. The lowest BCUT2D eigenvalue weighted by Crippen LogP contribution is -2.30. The number of nitrogens with zero attached hydrogens (tertiary/aromatic N) is 2. The number of carbonyl (C=O) groups is 1. The predicted molar refractivity (Wildman–Crippen MR) is 100 cm³/mol. The third kappa shape index (κ3) is 3.07. The molecule has 3 aromatic rings. The molecule has 4 rings (SSSR count). The van der Waals surface area contributed by atoms with Crippen molar-refractivity contribution in [3.05, 3.63) is 60.2 Å². The maximum atomic E-state index is 11.3. The Labute approximate surface area is 146 Å². The Morgan fingerprint density at radius 1 is 0.960 bits per heavy atom. The van der Waals surface area contributed by atoms with Gasteiger partial charge in [-0.3, -0.25) is 0 Å². The van der Waals surface area contributed by atoms with Gasteiger partial charge in [-0.05, 0) is 43.5 Å². The molecule has 4 nitrogen and oxygen atoms in total. The number of pyridine rings is 1. The predicted octanol–water partition coefficient (Wildman–Crippen LogP) is 4.59. The molecule has 1 aliphatic heterocycles. The first-order valence-corrected chi connectivity index (χ1v) is 8.71. The molecule has 0 radical (unpaired) electrons. The molecule has 1 saturated heterocycles. The molecule has 0 aliphatic carbocycles. The maximum absolute atomic E-state index is 11.3. The molecule has 0 saturated carbocycles. The van der Waals surface area contributed by atoms with Crippen molar-refractivity contribution < 1.29 is 9.90 Å². The van der Waals surface area contributed by atoms with E-state index in [4.69, 9.17) is 4.98 Å². The van der Waals surface area contributed by atoms with Crippen LogP contribution in [0.4, 0.5) is 5.69 Å². The first-order valence-electron chi connectivity index (χ1n) is 8.71. The Hall–Kier alpha value is -2.88. The van der Waals surface area contributed by atoms with Crippen LogP contribution in [0.3, 0.4) is 0 Å². The maximum Gasteiger partial charge on any atom is 0.335 e. The lowest BCUT2D eigenvalue weighted by Gasteiger charge is -2.30. The SMILES string of the molecule is O=C(O)c1ccc2nc(-c3ccccc3)c(N3CCCCC3)cc2c1. The highest BCUT2D eigenvalue weighted by molar-refractivity contribution is 5.96. The van der Waals surface area contributed by atoms with Gasteiger partial charge < -0.3 is 10.0 Å².